The Morgan fingerprint density at radius 1 is 1.39 bits per heavy atom. The monoisotopic (exact) mass is 243 g/mol. The van der Waals surface area contributed by atoms with Gasteiger partial charge >= 0.3 is 0 Å². The van der Waals surface area contributed by atoms with Gasteiger partial charge in [0.05, 0.1) is 5.41 Å². The van der Waals surface area contributed by atoms with Crippen molar-refractivity contribution in [2.75, 3.05) is 0 Å². The first-order valence-electron chi connectivity index (χ1n) is 6.50. The second-order valence-electron chi connectivity index (χ2n) is 5.78. The largest absolute Gasteiger partial charge is 0.369 e. The van der Waals surface area contributed by atoms with E-state index in [1.54, 1.807) is 0 Å². The Morgan fingerprint density at radius 3 is 2.94 bits per heavy atom. The van der Waals surface area contributed by atoms with E-state index in [1.165, 1.54) is 5.56 Å². The third-order valence-corrected chi connectivity index (χ3v) is 4.64. The van der Waals surface area contributed by atoms with Crippen molar-refractivity contribution >= 4 is 12.2 Å². The van der Waals surface area contributed by atoms with Crippen molar-refractivity contribution in [1.82, 2.24) is 0 Å². The SMILES string of the molecule is NC(=O)C12CCC(Cc3ccc(C=O)cc3C1)C2. The second-order valence-corrected chi connectivity index (χ2v) is 5.78. The van der Waals surface area contributed by atoms with Crippen LogP contribution in [-0.4, -0.2) is 12.2 Å². The number of nitrogens with two attached hydrogens (primary N) is 1. The number of benzene rings is 1. The zero-order chi connectivity index (χ0) is 12.8. The molecule has 94 valence electrons. The first kappa shape index (κ1) is 11.5. The van der Waals surface area contributed by atoms with E-state index in [9.17, 15) is 9.59 Å². The van der Waals surface area contributed by atoms with Gasteiger partial charge in [-0.1, -0.05) is 12.1 Å². The molecular weight excluding hydrogens is 226 g/mol. The van der Waals surface area contributed by atoms with E-state index in [4.69, 9.17) is 5.73 Å². The van der Waals surface area contributed by atoms with Crippen molar-refractivity contribution in [3.05, 3.63) is 34.9 Å². The summed E-state index contributed by atoms with van der Waals surface area (Å²) in [4.78, 5) is 22.7. The van der Waals surface area contributed by atoms with Gasteiger partial charge in [-0.05, 0) is 55.2 Å². The highest BCUT2D eigenvalue weighted by molar-refractivity contribution is 5.82. The molecule has 1 saturated carbocycles. The maximum atomic E-state index is 11.8. The first-order chi connectivity index (χ1) is 8.63. The summed E-state index contributed by atoms with van der Waals surface area (Å²) in [6.07, 6.45) is 5.49. The number of carbonyl (C=O) groups is 2. The minimum absolute atomic E-state index is 0.172. The van der Waals surface area contributed by atoms with E-state index in [2.05, 4.69) is 0 Å². The molecule has 1 aromatic carbocycles. The van der Waals surface area contributed by atoms with E-state index < -0.39 is 0 Å². The van der Waals surface area contributed by atoms with Crippen LogP contribution in [0.25, 0.3) is 0 Å². The summed E-state index contributed by atoms with van der Waals surface area (Å²) in [6, 6.07) is 5.82. The molecule has 0 aliphatic heterocycles. The minimum Gasteiger partial charge on any atom is -0.369 e. The number of primary amides is 1. The molecule has 0 radical (unpaired) electrons. The summed E-state index contributed by atoms with van der Waals surface area (Å²) in [6.45, 7) is 0. The van der Waals surface area contributed by atoms with Crippen LogP contribution in [0, 0.1) is 11.3 Å². The number of rotatable bonds is 2. The summed E-state index contributed by atoms with van der Waals surface area (Å²) >= 11 is 0. The van der Waals surface area contributed by atoms with Crippen LogP contribution in [0.3, 0.4) is 0 Å². The molecule has 2 aliphatic carbocycles. The molecule has 2 bridgehead atoms. The van der Waals surface area contributed by atoms with Crippen molar-refractivity contribution in [3.8, 4) is 0 Å². The van der Waals surface area contributed by atoms with Gasteiger partial charge in [-0.2, -0.15) is 0 Å². The van der Waals surface area contributed by atoms with E-state index in [0.717, 1.165) is 37.5 Å². The molecule has 0 saturated heterocycles. The van der Waals surface area contributed by atoms with Crippen LogP contribution in [-0.2, 0) is 17.6 Å². The molecule has 1 amide bonds. The van der Waals surface area contributed by atoms with Gasteiger partial charge in [0.2, 0.25) is 5.91 Å². The third kappa shape index (κ3) is 1.65. The van der Waals surface area contributed by atoms with Crippen molar-refractivity contribution in [2.45, 2.75) is 32.1 Å². The normalized spacial score (nSPS) is 29.4. The van der Waals surface area contributed by atoms with Gasteiger partial charge in [0.15, 0.2) is 0 Å². The molecule has 2 N–H and O–H groups in total. The number of hydrogen-bond acceptors (Lipinski definition) is 2. The fraction of sp³-hybridized carbons (Fsp3) is 0.467. The molecule has 2 unspecified atom stereocenters. The Hall–Kier alpha value is -1.64. The maximum absolute atomic E-state index is 11.8. The molecule has 0 heterocycles. The number of fused-ring (bicyclic) bond motifs is 3. The highest BCUT2D eigenvalue weighted by Crippen LogP contribution is 2.48. The lowest BCUT2D eigenvalue weighted by molar-refractivity contribution is -0.127. The smallest absolute Gasteiger partial charge is 0.223 e. The third-order valence-electron chi connectivity index (χ3n) is 4.64. The molecular formula is C15H17NO2. The average Bonchev–Trinajstić information content (AvgIpc) is 2.67. The molecule has 1 aromatic rings. The van der Waals surface area contributed by atoms with Gasteiger partial charge < -0.3 is 5.73 Å². The van der Waals surface area contributed by atoms with Gasteiger partial charge in [-0.3, -0.25) is 9.59 Å². The summed E-state index contributed by atoms with van der Waals surface area (Å²) in [5, 5.41) is 0. The van der Waals surface area contributed by atoms with Gasteiger partial charge in [-0.25, -0.2) is 0 Å². The van der Waals surface area contributed by atoms with Crippen LogP contribution in [0.4, 0.5) is 0 Å². The standard InChI is InChI=1S/C15H17NO2/c16-14(18)15-4-3-10(7-15)5-12-2-1-11(9-17)6-13(12)8-15/h1-2,6,9-10H,3-5,7-8H2,(H2,16,18). The Morgan fingerprint density at radius 2 is 2.22 bits per heavy atom. The Balaban J connectivity index is 2.06. The molecule has 0 spiro atoms. The predicted octanol–water partition coefficient (Wildman–Crippen LogP) is 1.87. The molecule has 2 aliphatic rings. The molecule has 18 heavy (non-hydrogen) atoms. The number of aldehydes is 1. The van der Waals surface area contributed by atoms with E-state index in [0.29, 0.717) is 17.9 Å². The number of amides is 1. The van der Waals surface area contributed by atoms with Gasteiger partial charge in [-0.15, -0.1) is 0 Å². The minimum atomic E-state index is -0.364. The summed E-state index contributed by atoms with van der Waals surface area (Å²) in [7, 11) is 0. The molecule has 3 nitrogen and oxygen atoms in total. The lowest BCUT2D eigenvalue weighted by atomic mass is 9.79. The fourth-order valence-corrected chi connectivity index (χ4v) is 3.64. The number of hydrogen-bond donors (Lipinski definition) is 1. The lowest BCUT2D eigenvalue weighted by Crippen LogP contribution is -2.36. The van der Waals surface area contributed by atoms with E-state index in [1.807, 2.05) is 18.2 Å². The summed E-state index contributed by atoms with van der Waals surface area (Å²) < 4.78 is 0. The van der Waals surface area contributed by atoms with E-state index >= 15 is 0 Å². The van der Waals surface area contributed by atoms with Crippen molar-refractivity contribution in [3.63, 3.8) is 0 Å². The average molecular weight is 243 g/mol. The Labute approximate surface area is 106 Å². The molecule has 3 rings (SSSR count). The van der Waals surface area contributed by atoms with Crippen LogP contribution < -0.4 is 5.73 Å². The van der Waals surface area contributed by atoms with Gasteiger partial charge in [0.1, 0.15) is 6.29 Å². The molecule has 3 heteroatoms. The highest BCUT2D eigenvalue weighted by atomic mass is 16.1. The van der Waals surface area contributed by atoms with Gasteiger partial charge in [0.25, 0.3) is 0 Å². The summed E-state index contributed by atoms with van der Waals surface area (Å²) in [5.41, 5.74) is 8.38. The zero-order valence-corrected chi connectivity index (χ0v) is 10.3. The van der Waals surface area contributed by atoms with Crippen LogP contribution in [0.15, 0.2) is 18.2 Å². The van der Waals surface area contributed by atoms with Crippen molar-refractivity contribution < 1.29 is 9.59 Å². The second kappa shape index (κ2) is 3.94. The Bertz CT molecular complexity index is 523. The fourth-order valence-electron chi connectivity index (χ4n) is 3.64. The van der Waals surface area contributed by atoms with Crippen molar-refractivity contribution in [1.29, 1.82) is 0 Å². The first-order valence-corrected chi connectivity index (χ1v) is 6.50. The molecule has 1 fully saturated rings. The van der Waals surface area contributed by atoms with Crippen LogP contribution in [0.5, 0.6) is 0 Å². The van der Waals surface area contributed by atoms with Gasteiger partial charge in [0, 0.05) is 5.56 Å². The Kier molecular flexibility index (Phi) is 2.51. The quantitative estimate of drug-likeness (QED) is 0.806. The lowest BCUT2D eigenvalue weighted by Gasteiger charge is -2.25. The topological polar surface area (TPSA) is 60.2 Å². The van der Waals surface area contributed by atoms with Crippen LogP contribution in [0.2, 0.25) is 0 Å². The molecule has 0 aromatic heterocycles. The highest BCUT2D eigenvalue weighted by Gasteiger charge is 2.46. The zero-order valence-electron chi connectivity index (χ0n) is 10.3. The summed E-state index contributed by atoms with van der Waals surface area (Å²) in [5.74, 6) is 0.398. The van der Waals surface area contributed by atoms with Crippen molar-refractivity contribution in [2.24, 2.45) is 17.1 Å². The number of carbonyl (C=O) groups excluding carboxylic acids is 2. The molecule has 2 atom stereocenters. The van der Waals surface area contributed by atoms with Crippen LogP contribution >= 0.6 is 0 Å². The maximum Gasteiger partial charge on any atom is 0.223 e. The van der Waals surface area contributed by atoms with Crippen LogP contribution in [0.1, 0.15) is 40.7 Å². The van der Waals surface area contributed by atoms with E-state index in [-0.39, 0.29) is 11.3 Å². The predicted molar refractivity (Wildman–Crippen MR) is 68.2 cm³/mol.